The van der Waals surface area contributed by atoms with Crippen molar-refractivity contribution in [2.24, 2.45) is 0 Å². The van der Waals surface area contributed by atoms with E-state index in [1.807, 2.05) is 0 Å². The summed E-state index contributed by atoms with van der Waals surface area (Å²) in [5, 5.41) is 18.0. The first-order chi connectivity index (χ1) is 18.4. The van der Waals surface area contributed by atoms with E-state index in [1.54, 1.807) is 30.3 Å². The molecule has 2 fully saturated rings. The second-order valence-corrected chi connectivity index (χ2v) is 11.2. The van der Waals surface area contributed by atoms with Gasteiger partial charge in [0.15, 0.2) is 0 Å². The summed E-state index contributed by atoms with van der Waals surface area (Å²) >= 11 is 12.3. The molecule has 204 valence electrons. The van der Waals surface area contributed by atoms with Gasteiger partial charge in [0.25, 0.3) is 11.6 Å². The molecule has 38 heavy (non-hydrogen) atoms. The van der Waals surface area contributed by atoms with Crippen molar-refractivity contribution in [1.29, 1.82) is 0 Å². The lowest BCUT2D eigenvalue weighted by atomic mass is 9.94. The van der Waals surface area contributed by atoms with E-state index < -0.39 is 17.7 Å². The zero-order chi connectivity index (χ0) is 26.7. The summed E-state index contributed by atoms with van der Waals surface area (Å²) in [5.74, 6) is -0.672. The normalized spacial score (nSPS) is 23.1. The average Bonchev–Trinajstić information content (AvgIpc) is 2.93. The highest BCUT2D eigenvalue weighted by atomic mass is 35.5. The van der Waals surface area contributed by atoms with E-state index in [0.717, 1.165) is 31.0 Å². The number of carbonyl (C=O) groups excluding carboxylic acids is 2. The Morgan fingerprint density at radius 3 is 2.50 bits per heavy atom. The van der Waals surface area contributed by atoms with Gasteiger partial charge < -0.3 is 25.5 Å². The topological polar surface area (TPSA) is 88.1 Å². The molecule has 2 aromatic carbocycles. The predicted octanol–water partition coefficient (Wildman–Crippen LogP) is 4.65. The van der Waals surface area contributed by atoms with Crippen LogP contribution in [0.3, 0.4) is 0 Å². The fraction of sp³-hybridized carbons (Fsp3) is 0.500. The van der Waals surface area contributed by atoms with E-state index >= 15 is 0 Å². The third-order valence-corrected chi connectivity index (χ3v) is 8.69. The van der Waals surface area contributed by atoms with Crippen LogP contribution in [0.1, 0.15) is 44.1 Å². The molecule has 5 rings (SSSR count). The number of para-hydroxylation sites is 1. The molecule has 0 bridgehead atoms. The van der Waals surface area contributed by atoms with Gasteiger partial charge in [0.05, 0.1) is 21.4 Å². The van der Waals surface area contributed by atoms with Crippen LogP contribution in [0.4, 0.5) is 16.2 Å². The first-order valence-corrected chi connectivity index (χ1v) is 14.3. The van der Waals surface area contributed by atoms with Crippen LogP contribution in [-0.2, 0) is 10.5 Å². The molecule has 0 saturated carbocycles. The van der Waals surface area contributed by atoms with Gasteiger partial charge in [0, 0.05) is 18.2 Å². The van der Waals surface area contributed by atoms with Crippen molar-refractivity contribution in [2.75, 3.05) is 49.5 Å². The van der Waals surface area contributed by atoms with Crippen molar-refractivity contribution >= 4 is 46.5 Å². The number of likely N-dealkylation sites (tertiary alicyclic amines) is 2. The zero-order valence-electron chi connectivity index (χ0n) is 21.5. The molecule has 1 unspecified atom stereocenters. The Kier molecular flexibility index (Phi) is 8.45. The van der Waals surface area contributed by atoms with Crippen molar-refractivity contribution in [2.45, 2.75) is 50.3 Å². The molecule has 8 nitrogen and oxygen atoms in total. The molecule has 2 saturated heterocycles. The minimum Gasteiger partial charge on any atom is -0.359 e. The fourth-order valence-electron chi connectivity index (χ4n) is 5.91. The molecule has 10 heteroatoms. The molecule has 0 spiro atoms. The summed E-state index contributed by atoms with van der Waals surface area (Å²) in [6, 6.07) is 11.3. The Morgan fingerprint density at radius 1 is 1.03 bits per heavy atom. The number of amides is 3. The Labute approximate surface area is 233 Å². The summed E-state index contributed by atoms with van der Waals surface area (Å²) < 4.78 is 0. The quantitative estimate of drug-likeness (QED) is 0.430. The summed E-state index contributed by atoms with van der Waals surface area (Å²) in [6.45, 7) is 5.86. The molecule has 1 atom stereocenters. The van der Waals surface area contributed by atoms with Gasteiger partial charge in [-0.3, -0.25) is 9.69 Å². The van der Waals surface area contributed by atoms with Gasteiger partial charge in [0.2, 0.25) is 0 Å². The number of fused-ring (bicyclic) bond motifs is 1. The second kappa shape index (κ2) is 11.8. The van der Waals surface area contributed by atoms with E-state index in [9.17, 15) is 14.7 Å². The highest BCUT2D eigenvalue weighted by Crippen LogP contribution is 2.41. The minimum atomic E-state index is -2.26. The third kappa shape index (κ3) is 5.51. The van der Waals surface area contributed by atoms with E-state index in [2.05, 4.69) is 20.4 Å². The molecule has 3 N–H and O–H groups in total. The molecule has 2 aromatic rings. The van der Waals surface area contributed by atoms with Crippen LogP contribution in [0.5, 0.6) is 0 Å². The predicted molar refractivity (Wildman–Crippen MR) is 151 cm³/mol. The zero-order valence-corrected chi connectivity index (χ0v) is 23.0. The number of hydrogen-bond acceptors (Lipinski definition) is 5. The van der Waals surface area contributed by atoms with Crippen LogP contribution in [0.25, 0.3) is 0 Å². The Balaban J connectivity index is 1.23. The highest BCUT2D eigenvalue weighted by Gasteiger charge is 2.52. The first kappa shape index (κ1) is 27.2. The number of carbonyl (C=O) groups is 2. The maximum Gasteiger partial charge on any atom is 0.329 e. The number of nitrogens with one attached hydrogen (secondary N) is 2. The van der Waals surface area contributed by atoms with Gasteiger partial charge in [-0.25, -0.2) is 4.79 Å². The van der Waals surface area contributed by atoms with Gasteiger partial charge in [-0.1, -0.05) is 47.8 Å². The standard InChI is InChI=1S/C28H35Cl2N5O3/c29-23-10-9-21(19-24(23)30)35-27(37)32-25-8-3-2-7-22(25)28(35,38)26(36)31-13-6-14-33-17-11-20(12-18-33)34-15-4-1-5-16-34/h2-3,7-10,19-20,38H,1,4-6,11-18H2,(H,31,36)(H,32,37). The van der Waals surface area contributed by atoms with Crippen LogP contribution in [0, 0.1) is 0 Å². The molecular formula is C28H35Cl2N5O3. The number of anilines is 2. The molecule has 0 radical (unpaired) electrons. The molecular weight excluding hydrogens is 525 g/mol. The van der Waals surface area contributed by atoms with Crippen LogP contribution >= 0.6 is 23.2 Å². The lowest BCUT2D eigenvalue weighted by molar-refractivity contribution is -0.140. The molecule has 3 amide bonds. The summed E-state index contributed by atoms with van der Waals surface area (Å²) in [4.78, 5) is 32.9. The Bertz CT molecular complexity index is 1170. The monoisotopic (exact) mass is 559 g/mol. The number of piperidine rings is 2. The van der Waals surface area contributed by atoms with Crippen LogP contribution in [-0.4, -0.2) is 72.2 Å². The number of nitrogens with zero attached hydrogens (tertiary/aromatic N) is 3. The molecule has 0 aromatic heterocycles. The SMILES string of the molecule is O=C1Nc2ccccc2C(O)(C(=O)NCCCN2CCC(N3CCCCC3)CC2)N1c1ccc(Cl)c(Cl)c1. The van der Waals surface area contributed by atoms with Gasteiger partial charge in [-0.05, 0) is 89.1 Å². The number of hydrogen-bond donors (Lipinski definition) is 3. The van der Waals surface area contributed by atoms with Crippen molar-refractivity contribution in [1.82, 2.24) is 15.1 Å². The summed E-state index contributed by atoms with van der Waals surface area (Å²) in [6.07, 6.45) is 7.13. The summed E-state index contributed by atoms with van der Waals surface area (Å²) in [5.41, 5.74) is -1.35. The maximum absolute atomic E-state index is 13.6. The van der Waals surface area contributed by atoms with Crippen LogP contribution < -0.4 is 15.5 Å². The number of urea groups is 1. The largest absolute Gasteiger partial charge is 0.359 e. The maximum atomic E-state index is 13.6. The van der Waals surface area contributed by atoms with Crippen molar-refractivity contribution in [3.8, 4) is 0 Å². The average molecular weight is 561 g/mol. The van der Waals surface area contributed by atoms with Crippen molar-refractivity contribution < 1.29 is 14.7 Å². The van der Waals surface area contributed by atoms with Gasteiger partial charge in [-0.2, -0.15) is 0 Å². The van der Waals surface area contributed by atoms with Crippen LogP contribution in [0.15, 0.2) is 42.5 Å². The molecule has 3 aliphatic rings. The molecule has 3 heterocycles. The number of rotatable bonds is 7. The second-order valence-electron chi connectivity index (χ2n) is 10.4. The van der Waals surface area contributed by atoms with Crippen LogP contribution in [0.2, 0.25) is 10.0 Å². The smallest absolute Gasteiger partial charge is 0.329 e. The summed E-state index contributed by atoms with van der Waals surface area (Å²) in [7, 11) is 0. The van der Waals surface area contributed by atoms with Gasteiger partial charge in [0.1, 0.15) is 0 Å². The number of benzene rings is 2. The fourth-order valence-corrected chi connectivity index (χ4v) is 6.20. The third-order valence-electron chi connectivity index (χ3n) is 7.95. The lowest BCUT2D eigenvalue weighted by Crippen LogP contribution is -2.62. The molecule has 0 aliphatic carbocycles. The van der Waals surface area contributed by atoms with Crippen molar-refractivity contribution in [3.05, 3.63) is 58.1 Å². The van der Waals surface area contributed by atoms with E-state index in [-0.39, 0.29) is 16.3 Å². The Morgan fingerprint density at radius 2 is 1.76 bits per heavy atom. The lowest BCUT2D eigenvalue weighted by Gasteiger charge is -2.42. The first-order valence-electron chi connectivity index (χ1n) is 13.5. The molecule has 3 aliphatic heterocycles. The van der Waals surface area contributed by atoms with Gasteiger partial charge in [-0.15, -0.1) is 0 Å². The minimum absolute atomic E-state index is 0.211. The van der Waals surface area contributed by atoms with E-state index in [1.165, 1.54) is 57.3 Å². The van der Waals surface area contributed by atoms with E-state index in [0.29, 0.717) is 23.3 Å². The van der Waals surface area contributed by atoms with Gasteiger partial charge >= 0.3 is 6.03 Å². The Hall–Kier alpha value is -2.36. The van der Waals surface area contributed by atoms with Crippen molar-refractivity contribution in [3.63, 3.8) is 0 Å². The van der Waals surface area contributed by atoms with E-state index in [4.69, 9.17) is 23.2 Å². The number of halogens is 2. The number of aliphatic hydroxyl groups is 1. The highest BCUT2D eigenvalue weighted by molar-refractivity contribution is 6.42.